The van der Waals surface area contributed by atoms with Crippen molar-refractivity contribution >= 4 is 23.0 Å². The van der Waals surface area contributed by atoms with Gasteiger partial charge in [-0.2, -0.15) is 13.2 Å². The number of hydrogen-bond acceptors (Lipinski definition) is 3. The van der Waals surface area contributed by atoms with Crippen LogP contribution in [0.25, 0.3) is 0 Å². The van der Waals surface area contributed by atoms with Gasteiger partial charge in [-0.3, -0.25) is 4.98 Å². The molecule has 0 fully saturated rings. The van der Waals surface area contributed by atoms with Gasteiger partial charge in [0.15, 0.2) is 5.11 Å². The summed E-state index contributed by atoms with van der Waals surface area (Å²) in [5, 5.41) is 3.32. The van der Waals surface area contributed by atoms with Crippen LogP contribution in [0.2, 0.25) is 0 Å². The molecule has 0 spiro atoms. The molecule has 1 atom stereocenters. The molecule has 0 unspecified atom stereocenters. The predicted octanol–water partition coefficient (Wildman–Crippen LogP) is 4.42. The molecule has 1 N–H and O–H groups in total. The van der Waals surface area contributed by atoms with Crippen molar-refractivity contribution in [2.45, 2.75) is 19.1 Å². The zero-order valence-corrected chi connectivity index (χ0v) is 16.3. The molecular weight excluding hydrogens is 373 g/mol. The van der Waals surface area contributed by atoms with Gasteiger partial charge in [0.25, 0.3) is 0 Å². The summed E-state index contributed by atoms with van der Waals surface area (Å²) in [6, 6.07) is 8.75. The molecule has 0 amide bonds. The summed E-state index contributed by atoms with van der Waals surface area (Å²) in [6.07, 6.45) is -0.938. The maximum absolute atomic E-state index is 12.9. The number of benzene rings is 1. The number of aromatic nitrogens is 1. The van der Waals surface area contributed by atoms with Gasteiger partial charge in [0.05, 0.1) is 11.6 Å². The highest BCUT2D eigenvalue weighted by molar-refractivity contribution is 7.80. The number of alkyl halides is 3. The number of anilines is 1. The molecule has 146 valence electrons. The Hall–Kier alpha value is -2.19. The summed E-state index contributed by atoms with van der Waals surface area (Å²) in [5.74, 6) is 0. The van der Waals surface area contributed by atoms with Gasteiger partial charge >= 0.3 is 6.18 Å². The second kappa shape index (κ2) is 9.14. The summed E-state index contributed by atoms with van der Waals surface area (Å²) in [5.41, 5.74) is 0.572. The van der Waals surface area contributed by atoms with Gasteiger partial charge < -0.3 is 15.1 Å². The summed E-state index contributed by atoms with van der Waals surface area (Å²) in [7, 11) is 3.91. The fourth-order valence-electron chi connectivity index (χ4n) is 2.55. The molecule has 0 radical (unpaired) electrons. The summed E-state index contributed by atoms with van der Waals surface area (Å²) >= 11 is 5.52. The van der Waals surface area contributed by atoms with Crippen molar-refractivity contribution in [1.82, 2.24) is 14.8 Å². The van der Waals surface area contributed by atoms with E-state index in [0.717, 1.165) is 24.2 Å². The molecule has 0 aliphatic rings. The Morgan fingerprint density at radius 1 is 1.19 bits per heavy atom. The Kier molecular flexibility index (Phi) is 7.15. The van der Waals surface area contributed by atoms with Gasteiger partial charge in [-0.15, -0.1) is 0 Å². The number of hydrogen-bond donors (Lipinski definition) is 1. The molecule has 0 aliphatic heterocycles. The average Bonchev–Trinajstić information content (AvgIpc) is 2.61. The Morgan fingerprint density at radius 2 is 1.93 bits per heavy atom. The van der Waals surface area contributed by atoms with E-state index in [1.807, 2.05) is 43.0 Å². The second-order valence-electron chi connectivity index (χ2n) is 6.47. The van der Waals surface area contributed by atoms with Gasteiger partial charge in [0.1, 0.15) is 0 Å². The molecule has 8 heteroatoms. The second-order valence-corrected chi connectivity index (χ2v) is 6.85. The first-order valence-corrected chi connectivity index (χ1v) is 8.89. The van der Waals surface area contributed by atoms with E-state index in [0.29, 0.717) is 17.3 Å². The molecule has 0 saturated carbocycles. The lowest BCUT2D eigenvalue weighted by Gasteiger charge is -2.33. The Bertz CT molecular complexity index is 750. The third-order valence-electron chi connectivity index (χ3n) is 4.12. The maximum atomic E-state index is 12.9. The van der Waals surface area contributed by atoms with Crippen molar-refractivity contribution in [2.24, 2.45) is 0 Å². The maximum Gasteiger partial charge on any atom is 0.416 e. The van der Waals surface area contributed by atoms with Gasteiger partial charge in [-0.25, -0.2) is 0 Å². The first kappa shape index (κ1) is 21.1. The number of halogens is 3. The Morgan fingerprint density at radius 3 is 2.52 bits per heavy atom. The van der Waals surface area contributed by atoms with E-state index >= 15 is 0 Å². The number of likely N-dealkylation sites (N-methyl/N-ethyl adjacent to an activating group) is 1. The van der Waals surface area contributed by atoms with Crippen LogP contribution in [-0.4, -0.2) is 47.1 Å². The van der Waals surface area contributed by atoms with Crippen molar-refractivity contribution in [3.05, 3.63) is 59.9 Å². The van der Waals surface area contributed by atoms with E-state index in [9.17, 15) is 13.2 Å². The van der Waals surface area contributed by atoms with Crippen LogP contribution in [0.15, 0.2) is 48.8 Å². The van der Waals surface area contributed by atoms with Crippen LogP contribution < -0.4 is 5.32 Å². The molecule has 0 bridgehead atoms. The Labute approximate surface area is 163 Å². The highest BCUT2D eigenvalue weighted by atomic mass is 32.1. The minimum atomic E-state index is -4.40. The molecule has 2 aromatic rings. The average molecular weight is 396 g/mol. The molecule has 4 nitrogen and oxygen atoms in total. The normalized spacial score (nSPS) is 12.7. The molecule has 0 aliphatic carbocycles. The van der Waals surface area contributed by atoms with E-state index < -0.39 is 11.7 Å². The van der Waals surface area contributed by atoms with Gasteiger partial charge in [0, 0.05) is 31.2 Å². The lowest BCUT2D eigenvalue weighted by Crippen LogP contribution is -2.41. The van der Waals surface area contributed by atoms with Crippen LogP contribution in [0.1, 0.15) is 24.1 Å². The standard InChI is InChI=1S/C19H23F3N4S/c1-14(15-6-5-9-23-13-15)26(11-10-25(2)3)18(27)24-17-8-4-7-16(12-17)19(20,21)22/h4-9,12-14H,10-11H2,1-3H3,(H,24,27)/t14-/m0/s1. The molecule has 1 aromatic carbocycles. The van der Waals surface area contributed by atoms with Crippen LogP contribution in [0.3, 0.4) is 0 Å². The molecule has 0 saturated heterocycles. The fourth-order valence-corrected chi connectivity index (χ4v) is 2.92. The quantitative estimate of drug-likeness (QED) is 0.731. The van der Waals surface area contributed by atoms with Crippen LogP contribution in [0, 0.1) is 0 Å². The van der Waals surface area contributed by atoms with Crippen molar-refractivity contribution in [3.8, 4) is 0 Å². The highest BCUT2D eigenvalue weighted by Crippen LogP contribution is 2.31. The fraction of sp³-hybridized carbons (Fsp3) is 0.368. The lowest BCUT2D eigenvalue weighted by atomic mass is 10.1. The van der Waals surface area contributed by atoms with E-state index in [1.165, 1.54) is 6.07 Å². The lowest BCUT2D eigenvalue weighted by molar-refractivity contribution is -0.137. The van der Waals surface area contributed by atoms with Crippen LogP contribution in [0.5, 0.6) is 0 Å². The summed E-state index contributed by atoms with van der Waals surface area (Å²) < 4.78 is 38.8. The van der Waals surface area contributed by atoms with Gasteiger partial charge in [-0.05, 0) is 63.1 Å². The number of nitrogens with one attached hydrogen (secondary N) is 1. The van der Waals surface area contributed by atoms with Crippen molar-refractivity contribution < 1.29 is 13.2 Å². The van der Waals surface area contributed by atoms with E-state index in [-0.39, 0.29) is 6.04 Å². The minimum absolute atomic E-state index is 0.0792. The first-order valence-electron chi connectivity index (χ1n) is 8.48. The van der Waals surface area contributed by atoms with Crippen molar-refractivity contribution in [3.63, 3.8) is 0 Å². The first-order chi connectivity index (χ1) is 12.7. The smallest absolute Gasteiger partial charge is 0.341 e. The molecule has 1 heterocycles. The third kappa shape index (κ3) is 6.18. The number of pyridine rings is 1. The molecule has 27 heavy (non-hydrogen) atoms. The molecular formula is C19H23F3N4S. The predicted molar refractivity (Wildman–Crippen MR) is 106 cm³/mol. The van der Waals surface area contributed by atoms with E-state index in [1.54, 1.807) is 18.5 Å². The van der Waals surface area contributed by atoms with Gasteiger partial charge in [0.2, 0.25) is 0 Å². The zero-order chi connectivity index (χ0) is 20.0. The minimum Gasteiger partial charge on any atom is -0.341 e. The monoisotopic (exact) mass is 396 g/mol. The highest BCUT2D eigenvalue weighted by Gasteiger charge is 2.30. The van der Waals surface area contributed by atoms with Crippen LogP contribution >= 0.6 is 12.2 Å². The van der Waals surface area contributed by atoms with Crippen molar-refractivity contribution in [2.75, 3.05) is 32.5 Å². The van der Waals surface area contributed by atoms with E-state index in [2.05, 4.69) is 10.3 Å². The van der Waals surface area contributed by atoms with E-state index in [4.69, 9.17) is 12.2 Å². The topological polar surface area (TPSA) is 31.4 Å². The summed E-state index contributed by atoms with van der Waals surface area (Å²) in [4.78, 5) is 8.11. The number of rotatable bonds is 6. The van der Waals surface area contributed by atoms with Crippen molar-refractivity contribution in [1.29, 1.82) is 0 Å². The van der Waals surface area contributed by atoms with Crippen LogP contribution in [-0.2, 0) is 6.18 Å². The van der Waals surface area contributed by atoms with Gasteiger partial charge in [-0.1, -0.05) is 12.1 Å². The SMILES string of the molecule is C[C@@H](c1cccnc1)N(CCN(C)C)C(=S)Nc1cccc(C(F)(F)F)c1. The number of nitrogens with zero attached hydrogens (tertiary/aromatic N) is 3. The third-order valence-corrected chi connectivity index (χ3v) is 4.46. The molecule has 2 rings (SSSR count). The zero-order valence-electron chi connectivity index (χ0n) is 15.5. The Balaban J connectivity index is 2.21. The summed E-state index contributed by atoms with van der Waals surface area (Å²) in [6.45, 7) is 3.36. The molecule has 1 aromatic heterocycles. The number of thiocarbonyl (C=S) groups is 1. The van der Waals surface area contributed by atoms with Crippen LogP contribution in [0.4, 0.5) is 18.9 Å². The largest absolute Gasteiger partial charge is 0.416 e.